The maximum atomic E-state index is 13.0. The predicted octanol–water partition coefficient (Wildman–Crippen LogP) is 2.57. The fourth-order valence-corrected chi connectivity index (χ4v) is 4.72. The standard InChI is InChI=1S/C18H32N2O2/c1-8-20(9-2)16(22)12(3)19(7)14-13-10-11-18(6,15(14)21)17(13,4)5/h12-14H,8-11H2,1-7H3/t12?,13-,14?,18+/m0/s1. The molecule has 2 rings (SSSR count). The second kappa shape index (κ2) is 5.63. The Morgan fingerprint density at radius 1 is 1.27 bits per heavy atom. The van der Waals surface area contributed by atoms with E-state index < -0.39 is 0 Å². The first-order chi connectivity index (χ1) is 10.1. The van der Waals surface area contributed by atoms with Crippen LogP contribution in [0.4, 0.5) is 0 Å². The number of nitrogens with zero attached hydrogens (tertiary/aromatic N) is 2. The molecule has 22 heavy (non-hydrogen) atoms. The Bertz CT molecular complexity index is 470. The number of likely N-dealkylation sites (N-methyl/N-ethyl adjacent to an activating group) is 2. The van der Waals surface area contributed by atoms with E-state index in [1.54, 1.807) is 0 Å². The lowest BCUT2D eigenvalue weighted by Crippen LogP contribution is -2.53. The molecule has 126 valence electrons. The van der Waals surface area contributed by atoms with Crippen LogP contribution in [0.1, 0.15) is 54.4 Å². The lowest BCUT2D eigenvalue weighted by Gasteiger charge is -2.37. The molecule has 4 nitrogen and oxygen atoms in total. The average Bonchev–Trinajstić information content (AvgIpc) is 2.79. The van der Waals surface area contributed by atoms with Crippen molar-refractivity contribution in [3.8, 4) is 0 Å². The Morgan fingerprint density at radius 2 is 1.82 bits per heavy atom. The fourth-order valence-electron chi connectivity index (χ4n) is 4.72. The van der Waals surface area contributed by atoms with Crippen LogP contribution in [0.5, 0.6) is 0 Å². The third kappa shape index (κ3) is 2.14. The van der Waals surface area contributed by atoms with Crippen LogP contribution in [0.3, 0.4) is 0 Å². The van der Waals surface area contributed by atoms with Crippen molar-refractivity contribution in [1.29, 1.82) is 0 Å². The number of hydrogen-bond acceptors (Lipinski definition) is 3. The predicted molar refractivity (Wildman–Crippen MR) is 88.6 cm³/mol. The van der Waals surface area contributed by atoms with Crippen molar-refractivity contribution >= 4 is 11.7 Å². The van der Waals surface area contributed by atoms with Gasteiger partial charge in [-0.2, -0.15) is 0 Å². The molecule has 1 amide bonds. The smallest absolute Gasteiger partial charge is 0.239 e. The zero-order valence-corrected chi connectivity index (χ0v) is 15.3. The van der Waals surface area contributed by atoms with E-state index in [1.807, 2.05) is 37.6 Å². The Kier molecular flexibility index (Phi) is 4.46. The molecule has 0 aromatic heterocycles. The first kappa shape index (κ1) is 17.5. The summed E-state index contributed by atoms with van der Waals surface area (Å²) < 4.78 is 0. The molecular weight excluding hydrogens is 276 g/mol. The summed E-state index contributed by atoms with van der Waals surface area (Å²) in [5, 5.41) is 0. The molecule has 0 radical (unpaired) electrons. The van der Waals surface area contributed by atoms with E-state index in [0.717, 1.165) is 25.9 Å². The number of ketones is 1. The maximum Gasteiger partial charge on any atom is 0.239 e. The lowest BCUT2D eigenvalue weighted by atomic mass is 9.70. The van der Waals surface area contributed by atoms with Gasteiger partial charge in [-0.25, -0.2) is 0 Å². The molecule has 2 saturated carbocycles. The molecule has 0 aromatic rings. The molecule has 4 atom stereocenters. The minimum atomic E-state index is -0.243. The molecule has 0 saturated heterocycles. The third-order valence-corrected chi connectivity index (χ3v) is 6.98. The van der Waals surface area contributed by atoms with Gasteiger partial charge in [0.1, 0.15) is 0 Å². The van der Waals surface area contributed by atoms with Gasteiger partial charge in [0.25, 0.3) is 0 Å². The molecule has 0 spiro atoms. The van der Waals surface area contributed by atoms with Gasteiger partial charge in [0.05, 0.1) is 12.1 Å². The van der Waals surface area contributed by atoms with Crippen LogP contribution in [0, 0.1) is 16.7 Å². The highest BCUT2D eigenvalue weighted by atomic mass is 16.2. The molecule has 0 aromatic carbocycles. The Morgan fingerprint density at radius 3 is 2.23 bits per heavy atom. The Labute approximate surface area is 135 Å². The van der Waals surface area contributed by atoms with Crippen molar-refractivity contribution in [2.24, 2.45) is 16.7 Å². The van der Waals surface area contributed by atoms with E-state index in [-0.39, 0.29) is 28.8 Å². The molecule has 2 bridgehead atoms. The van der Waals surface area contributed by atoms with E-state index in [4.69, 9.17) is 0 Å². The third-order valence-electron chi connectivity index (χ3n) is 6.98. The maximum absolute atomic E-state index is 13.0. The largest absolute Gasteiger partial charge is 0.342 e. The van der Waals surface area contributed by atoms with Crippen molar-refractivity contribution in [3.63, 3.8) is 0 Å². The quantitative estimate of drug-likeness (QED) is 0.784. The van der Waals surface area contributed by atoms with E-state index in [1.165, 1.54) is 0 Å². The summed E-state index contributed by atoms with van der Waals surface area (Å²) in [4.78, 5) is 29.5. The normalized spacial score (nSPS) is 34.3. The number of carbonyl (C=O) groups is 2. The van der Waals surface area contributed by atoms with Crippen molar-refractivity contribution < 1.29 is 9.59 Å². The summed E-state index contributed by atoms with van der Waals surface area (Å²) >= 11 is 0. The minimum absolute atomic E-state index is 0.0287. The van der Waals surface area contributed by atoms with Crippen LogP contribution in [-0.2, 0) is 9.59 Å². The van der Waals surface area contributed by atoms with Crippen LogP contribution in [0.2, 0.25) is 0 Å². The molecule has 0 aliphatic heterocycles. The molecule has 0 heterocycles. The highest BCUT2D eigenvalue weighted by Crippen LogP contribution is 2.64. The van der Waals surface area contributed by atoms with Crippen molar-refractivity contribution in [1.82, 2.24) is 9.80 Å². The second-order valence-electron chi connectivity index (χ2n) is 7.86. The first-order valence-electron chi connectivity index (χ1n) is 8.68. The summed E-state index contributed by atoms with van der Waals surface area (Å²) in [5.74, 6) is 0.837. The number of rotatable bonds is 5. The second-order valence-corrected chi connectivity index (χ2v) is 7.86. The summed E-state index contributed by atoms with van der Waals surface area (Å²) in [6.45, 7) is 14.0. The van der Waals surface area contributed by atoms with Gasteiger partial charge in [-0.3, -0.25) is 14.5 Å². The molecule has 2 aliphatic rings. The summed E-state index contributed by atoms with van der Waals surface area (Å²) in [7, 11) is 1.95. The fraction of sp³-hybridized carbons (Fsp3) is 0.889. The number of fused-ring (bicyclic) bond motifs is 2. The molecule has 2 unspecified atom stereocenters. The topological polar surface area (TPSA) is 40.6 Å². The van der Waals surface area contributed by atoms with Crippen molar-refractivity contribution in [3.05, 3.63) is 0 Å². The number of carbonyl (C=O) groups excluding carboxylic acids is 2. The van der Waals surface area contributed by atoms with Gasteiger partial charge in [0, 0.05) is 18.5 Å². The molecule has 2 fully saturated rings. The van der Waals surface area contributed by atoms with Crippen LogP contribution in [-0.4, -0.2) is 53.7 Å². The highest BCUT2D eigenvalue weighted by molar-refractivity contribution is 5.95. The summed E-state index contributed by atoms with van der Waals surface area (Å²) in [6, 6.07) is -0.351. The Balaban J connectivity index is 2.22. The van der Waals surface area contributed by atoms with E-state index in [9.17, 15) is 9.59 Å². The van der Waals surface area contributed by atoms with E-state index >= 15 is 0 Å². The summed E-state index contributed by atoms with van der Waals surface area (Å²) in [6.07, 6.45) is 2.09. The monoisotopic (exact) mass is 308 g/mol. The van der Waals surface area contributed by atoms with Crippen LogP contribution >= 0.6 is 0 Å². The van der Waals surface area contributed by atoms with Gasteiger partial charge >= 0.3 is 0 Å². The Hall–Kier alpha value is -0.900. The van der Waals surface area contributed by atoms with Gasteiger partial charge < -0.3 is 4.90 Å². The zero-order chi connectivity index (χ0) is 16.9. The van der Waals surface area contributed by atoms with Crippen LogP contribution in [0.25, 0.3) is 0 Å². The van der Waals surface area contributed by atoms with Gasteiger partial charge in [-0.1, -0.05) is 20.8 Å². The summed E-state index contributed by atoms with van der Waals surface area (Å²) in [5.41, 5.74) is -0.199. The zero-order valence-electron chi connectivity index (χ0n) is 15.3. The van der Waals surface area contributed by atoms with Crippen molar-refractivity contribution in [2.45, 2.75) is 66.5 Å². The van der Waals surface area contributed by atoms with Gasteiger partial charge in [-0.05, 0) is 52.0 Å². The lowest BCUT2D eigenvalue weighted by molar-refractivity contribution is -0.140. The van der Waals surface area contributed by atoms with Gasteiger partial charge in [0.15, 0.2) is 5.78 Å². The van der Waals surface area contributed by atoms with Gasteiger partial charge in [-0.15, -0.1) is 0 Å². The molecule has 2 aliphatic carbocycles. The number of hydrogen-bond donors (Lipinski definition) is 0. The van der Waals surface area contributed by atoms with Gasteiger partial charge in [0.2, 0.25) is 5.91 Å². The van der Waals surface area contributed by atoms with Crippen LogP contribution in [0.15, 0.2) is 0 Å². The first-order valence-corrected chi connectivity index (χ1v) is 8.68. The molecule has 0 N–H and O–H groups in total. The number of amides is 1. The minimum Gasteiger partial charge on any atom is -0.342 e. The molecule has 4 heteroatoms. The van der Waals surface area contributed by atoms with E-state index in [2.05, 4.69) is 20.8 Å². The molecular formula is C18H32N2O2. The van der Waals surface area contributed by atoms with E-state index in [0.29, 0.717) is 11.7 Å². The number of Topliss-reactive ketones (excluding diaryl/α,β-unsaturated/α-hetero) is 1. The highest BCUT2D eigenvalue weighted by Gasteiger charge is 2.67. The average molecular weight is 308 g/mol. The SMILES string of the molecule is CCN(CC)C(=O)C(C)N(C)C1C(=O)[C@@]2(C)CC[C@@H]1C2(C)C. The van der Waals surface area contributed by atoms with Crippen LogP contribution < -0.4 is 0 Å². The van der Waals surface area contributed by atoms with Crippen molar-refractivity contribution in [2.75, 3.05) is 20.1 Å².